The van der Waals surface area contributed by atoms with Crippen molar-refractivity contribution < 1.29 is 8.85 Å². The third-order valence-electron chi connectivity index (χ3n) is 9.20. The van der Waals surface area contributed by atoms with Crippen LogP contribution in [0.1, 0.15) is 74.7 Å². The van der Waals surface area contributed by atoms with Gasteiger partial charge in [0.25, 0.3) is 0 Å². The van der Waals surface area contributed by atoms with Crippen LogP contribution in [0.15, 0.2) is 12.2 Å². The first kappa shape index (κ1) is 25.4. The second kappa shape index (κ2) is 8.22. The monoisotopic (exact) mass is 438 g/mol. The third-order valence-corrected chi connectivity index (χ3v) is 18.2. The van der Waals surface area contributed by atoms with E-state index in [4.69, 9.17) is 8.85 Å². The minimum Gasteiger partial charge on any atom is -0.417 e. The van der Waals surface area contributed by atoms with Gasteiger partial charge in [-0.05, 0) is 78.7 Å². The van der Waals surface area contributed by atoms with Gasteiger partial charge in [-0.15, -0.1) is 0 Å². The van der Waals surface area contributed by atoms with Crippen LogP contribution in [0, 0.1) is 23.2 Å². The Morgan fingerprint density at radius 2 is 1.52 bits per heavy atom. The fourth-order valence-corrected chi connectivity index (χ4v) is 7.36. The topological polar surface area (TPSA) is 18.5 Å². The van der Waals surface area contributed by atoms with Crippen molar-refractivity contribution in [2.24, 2.45) is 23.2 Å². The Bertz CT molecular complexity index is 597. The van der Waals surface area contributed by atoms with Crippen LogP contribution >= 0.6 is 0 Å². The van der Waals surface area contributed by atoms with E-state index in [1.807, 2.05) is 0 Å². The van der Waals surface area contributed by atoms with Crippen molar-refractivity contribution in [1.29, 1.82) is 0 Å². The number of fused-ring (bicyclic) bond motifs is 1. The summed E-state index contributed by atoms with van der Waals surface area (Å²) in [5, 5.41) is 0.543. The zero-order chi connectivity index (χ0) is 22.5. The molecule has 0 aromatic carbocycles. The van der Waals surface area contributed by atoms with E-state index < -0.39 is 16.6 Å². The molecule has 0 amide bonds. The molecule has 1 saturated carbocycles. The molecular formula is C25H50O2Si2. The van der Waals surface area contributed by atoms with E-state index in [2.05, 4.69) is 93.7 Å². The molecule has 0 unspecified atom stereocenters. The van der Waals surface area contributed by atoms with Gasteiger partial charge in [-0.2, -0.15) is 0 Å². The molecule has 2 nitrogen and oxygen atoms in total. The molecule has 0 aromatic heterocycles. The van der Waals surface area contributed by atoms with Crippen LogP contribution in [0.2, 0.25) is 36.3 Å². The highest BCUT2D eigenvalue weighted by Gasteiger charge is 2.53. The molecule has 0 aromatic rings. The van der Waals surface area contributed by atoms with Crippen LogP contribution < -0.4 is 0 Å². The maximum atomic E-state index is 6.94. The molecule has 1 fully saturated rings. The Morgan fingerprint density at radius 3 is 2.03 bits per heavy atom. The molecule has 29 heavy (non-hydrogen) atoms. The van der Waals surface area contributed by atoms with Crippen molar-refractivity contribution in [3.8, 4) is 0 Å². The summed E-state index contributed by atoms with van der Waals surface area (Å²) in [5.74, 6) is 1.99. The average Bonchev–Trinajstić information content (AvgIpc) is 2.88. The molecule has 0 N–H and O–H groups in total. The maximum Gasteiger partial charge on any atom is 0.192 e. The van der Waals surface area contributed by atoms with Crippen molar-refractivity contribution in [3.63, 3.8) is 0 Å². The third kappa shape index (κ3) is 5.12. The van der Waals surface area contributed by atoms with E-state index in [0.717, 1.165) is 12.5 Å². The molecule has 170 valence electrons. The lowest BCUT2D eigenvalue weighted by Crippen LogP contribution is -2.49. The summed E-state index contributed by atoms with van der Waals surface area (Å²) in [6, 6.07) is 0. The number of hydrogen-bond acceptors (Lipinski definition) is 2. The molecule has 0 aliphatic heterocycles. The number of allylic oxidation sites excluding steroid dienone is 1. The van der Waals surface area contributed by atoms with Gasteiger partial charge in [-0.3, -0.25) is 0 Å². The first-order valence-corrected chi connectivity index (χ1v) is 17.7. The SMILES string of the molecule is C[C@H](CO[Si](C)(C)C(C)(C)C)[C@H]1CC[C@H]2[C@@H](O[Si](C)(C)C(C)(C)C)C=CC[C@]12C. The minimum atomic E-state index is -1.77. The van der Waals surface area contributed by atoms with Gasteiger partial charge in [0.05, 0.1) is 6.10 Å². The van der Waals surface area contributed by atoms with Crippen molar-refractivity contribution >= 4 is 16.6 Å². The summed E-state index contributed by atoms with van der Waals surface area (Å²) >= 11 is 0. The lowest BCUT2D eigenvalue weighted by molar-refractivity contribution is 0.0269. The van der Waals surface area contributed by atoms with Crippen LogP contribution in [0.5, 0.6) is 0 Å². The van der Waals surface area contributed by atoms with E-state index in [1.165, 1.54) is 19.3 Å². The summed E-state index contributed by atoms with van der Waals surface area (Å²) in [6.45, 7) is 29.5. The summed E-state index contributed by atoms with van der Waals surface area (Å²) in [7, 11) is -3.45. The smallest absolute Gasteiger partial charge is 0.192 e. The van der Waals surface area contributed by atoms with Crippen LogP contribution in [0.25, 0.3) is 0 Å². The maximum absolute atomic E-state index is 6.94. The van der Waals surface area contributed by atoms with Gasteiger partial charge >= 0.3 is 0 Å². The molecule has 0 heterocycles. The van der Waals surface area contributed by atoms with Crippen LogP contribution in [-0.2, 0) is 8.85 Å². The van der Waals surface area contributed by atoms with E-state index in [0.29, 0.717) is 23.4 Å². The number of rotatable bonds is 6. The van der Waals surface area contributed by atoms with Gasteiger partial charge in [0.1, 0.15) is 0 Å². The van der Waals surface area contributed by atoms with Gasteiger partial charge in [0.15, 0.2) is 16.6 Å². The highest BCUT2D eigenvalue weighted by Crippen LogP contribution is 2.57. The summed E-state index contributed by atoms with van der Waals surface area (Å²) in [5.41, 5.74) is 0.345. The molecule has 2 rings (SSSR count). The highest BCUT2D eigenvalue weighted by atomic mass is 28.4. The molecule has 0 radical (unpaired) electrons. The predicted octanol–water partition coefficient (Wildman–Crippen LogP) is 8.03. The number of hydrogen-bond donors (Lipinski definition) is 0. The molecule has 0 bridgehead atoms. The zero-order valence-electron chi connectivity index (χ0n) is 21.6. The lowest BCUT2D eigenvalue weighted by Gasteiger charge is -2.48. The fourth-order valence-electron chi connectivity index (χ4n) is 4.97. The Hall–Kier alpha value is 0.0938. The van der Waals surface area contributed by atoms with Crippen LogP contribution in [0.3, 0.4) is 0 Å². The van der Waals surface area contributed by atoms with Crippen molar-refractivity contribution in [3.05, 3.63) is 12.2 Å². The van der Waals surface area contributed by atoms with Crippen LogP contribution in [0.4, 0.5) is 0 Å². The predicted molar refractivity (Wildman–Crippen MR) is 132 cm³/mol. The molecule has 0 saturated heterocycles. The minimum absolute atomic E-state index is 0.261. The average molecular weight is 439 g/mol. The van der Waals surface area contributed by atoms with E-state index in [-0.39, 0.29) is 10.1 Å². The first-order chi connectivity index (χ1) is 12.9. The van der Waals surface area contributed by atoms with Crippen LogP contribution in [-0.4, -0.2) is 29.3 Å². The van der Waals surface area contributed by atoms with Gasteiger partial charge in [-0.25, -0.2) is 0 Å². The van der Waals surface area contributed by atoms with Crippen molar-refractivity contribution in [2.75, 3.05) is 6.61 Å². The summed E-state index contributed by atoms with van der Waals surface area (Å²) < 4.78 is 13.6. The van der Waals surface area contributed by atoms with E-state index in [1.54, 1.807) is 0 Å². The Morgan fingerprint density at radius 1 is 0.966 bits per heavy atom. The standard InChI is InChI=1S/C25H50O2Si2/c1-19(18-26-28(9,10)23(2,3)4)20-15-16-21-22(14-13-17-25(20,21)8)27-29(11,12)24(5,6)7/h13-14,19-22H,15-18H2,1-12H3/t19-,20-,21+,22+,25-/m1/s1. The lowest BCUT2D eigenvalue weighted by atomic mass is 9.64. The summed E-state index contributed by atoms with van der Waals surface area (Å²) in [4.78, 5) is 0. The Balaban J connectivity index is 2.11. The Kier molecular flexibility index (Phi) is 7.19. The van der Waals surface area contributed by atoms with E-state index in [9.17, 15) is 0 Å². The molecule has 0 spiro atoms. The fraction of sp³-hybridized carbons (Fsp3) is 0.920. The largest absolute Gasteiger partial charge is 0.417 e. The highest BCUT2D eigenvalue weighted by molar-refractivity contribution is 6.74. The molecule has 4 heteroatoms. The van der Waals surface area contributed by atoms with E-state index >= 15 is 0 Å². The van der Waals surface area contributed by atoms with Crippen molar-refractivity contribution in [1.82, 2.24) is 0 Å². The van der Waals surface area contributed by atoms with Gasteiger partial charge < -0.3 is 8.85 Å². The summed E-state index contributed by atoms with van der Waals surface area (Å²) in [6.07, 6.45) is 8.94. The van der Waals surface area contributed by atoms with Gasteiger partial charge in [-0.1, -0.05) is 67.5 Å². The second-order valence-electron chi connectivity index (χ2n) is 13.3. The van der Waals surface area contributed by atoms with Gasteiger partial charge in [0.2, 0.25) is 0 Å². The molecular weight excluding hydrogens is 388 g/mol. The Labute approximate surface area is 184 Å². The second-order valence-corrected chi connectivity index (χ2v) is 22.9. The van der Waals surface area contributed by atoms with Gasteiger partial charge in [0, 0.05) is 6.61 Å². The zero-order valence-corrected chi connectivity index (χ0v) is 23.6. The first-order valence-electron chi connectivity index (χ1n) is 11.9. The van der Waals surface area contributed by atoms with Crippen molar-refractivity contribution in [2.45, 2.75) is 117 Å². The normalized spacial score (nSPS) is 32.3. The quantitative estimate of drug-likeness (QED) is 0.308. The molecule has 5 atom stereocenters. The molecule has 2 aliphatic rings. The molecule has 2 aliphatic carbocycles.